The molecular formula is C23H20ClNO2. The fraction of sp³-hybridized carbons (Fsp3) is 0.174. The summed E-state index contributed by atoms with van der Waals surface area (Å²) in [6.07, 6.45) is 0. The van der Waals surface area contributed by atoms with Crippen LogP contribution in [-0.4, -0.2) is 11.0 Å². The van der Waals surface area contributed by atoms with Gasteiger partial charge in [-0.2, -0.15) is 0 Å². The molecule has 3 aromatic carbocycles. The average Bonchev–Trinajstić information content (AvgIpc) is 2.90. The Morgan fingerprint density at radius 2 is 1.59 bits per heavy atom. The summed E-state index contributed by atoms with van der Waals surface area (Å²) in [7, 11) is 0. The lowest BCUT2D eigenvalue weighted by molar-refractivity contribution is 0.0971. The third-order valence-corrected chi connectivity index (χ3v) is 5.59. The Hall–Kier alpha value is -2.78. The number of aromatic hydroxyl groups is 1. The molecule has 1 heterocycles. The highest BCUT2D eigenvalue weighted by molar-refractivity contribution is 6.30. The van der Waals surface area contributed by atoms with Crippen LogP contribution in [0.25, 0.3) is 0 Å². The normalized spacial score (nSPS) is 17.6. The van der Waals surface area contributed by atoms with E-state index in [0.717, 1.165) is 16.8 Å². The minimum absolute atomic E-state index is 0.113. The lowest BCUT2D eigenvalue weighted by Crippen LogP contribution is -2.38. The third-order valence-electron chi connectivity index (χ3n) is 5.34. The molecule has 1 amide bonds. The molecule has 0 radical (unpaired) electrons. The maximum absolute atomic E-state index is 13.5. The molecule has 4 rings (SSSR count). The van der Waals surface area contributed by atoms with Crippen molar-refractivity contribution in [1.29, 1.82) is 0 Å². The molecule has 0 saturated carbocycles. The second-order valence-corrected chi connectivity index (χ2v) is 7.82. The molecule has 0 aliphatic carbocycles. The van der Waals surface area contributed by atoms with E-state index in [0.29, 0.717) is 10.6 Å². The summed E-state index contributed by atoms with van der Waals surface area (Å²) in [5.74, 6) is 0.0789. The highest BCUT2D eigenvalue weighted by Gasteiger charge is 2.48. The molecule has 1 aliphatic heterocycles. The number of phenolic OH excluding ortho intramolecular Hbond substituents is 1. The molecule has 3 aromatic rings. The smallest absolute Gasteiger partial charge is 0.258 e. The monoisotopic (exact) mass is 377 g/mol. The second-order valence-electron chi connectivity index (χ2n) is 7.38. The summed E-state index contributed by atoms with van der Waals surface area (Å²) in [5.41, 5.74) is 2.89. The molecule has 3 nitrogen and oxygen atoms in total. The van der Waals surface area contributed by atoms with Crippen LogP contribution in [0.15, 0.2) is 72.8 Å². The first-order chi connectivity index (χ1) is 12.9. The van der Waals surface area contributed by atoms with E-state index in [-0.39, 0.29) is 23.1 Å². The van der Waals surface area contributed by atoms with Gasteiger partial charge in [0.1, 0.15) is 5.75 Å². The molecule has 0 saturated heterocycles. The Bertz CT molecular complexity index is 1010. The first kappa shape index (κ1) is 17.6. The Labute approximate surface area is 163 Å². The van der Waals surface area contributed by atoms with E-state index in [1.54, 1.807) is 41.3 Å². The Balaban J connectivity index is 1.91. The van der Waals surface area contributed by atoms with Gasteiger partial charge in [0.05, 0.1) is 6.04 Å². The van der Waals surface area contributed by atoms with Gasteiger partial charge in [-0.25, -0.2) is 0 Å². The standard InChI is InChI=1S/C23H20ClNO2/c1-23(2)18-8-4-5-9-19(18)25(21(23)17-7-3-6-10-20(17)26)22(27)15-11-13-16(24)14-12-15/h3-14,21,26H,1-2H3/t21-/m1/s1. The highest BCUT2D eigenvalue weighted by Crippen LogP contribution is 2.54. The van der Waals surface area contributed by atoms with Gasteiger partial charge in [-0.15, -0.1) is 0 Å². The van der Waals surface area contributed by atoms with Crippen molar-refractivity contribution >= 4 is 23.2 Å². The molecule has 136 valence electrons. The lowest BCUT2D eigenvalue weighted by Gasteiger charge is -2.34. The van der Waals surface area contributed by atoms with Crippen LogP contribution in [-0.2, 0) is 5.41 Å². The number of hydrogen-bond acceptors (Lipinski definition) is 2. The van der Waals surface area contributed by atoms with E-state index >= 15 is 0 Å². The van der Waals surface area contributed by atoms with E-state index in [4.69, 9.17) is 11.6 Å². The number of phenols is 1. The fourth-order valence-electron chi connectivity index (χ4n) is 4.04. The molecule has 1 atom stereocenters. The van der Waals surface area contributed by atoms with Gasteiger partial charge in [-0.1, -0.05) is 61.8 Å². The highest BCUT2D eigenvalue weighted by atomic mass is 35.5. The van der Waals surface area contributed by atoms with Gasteiger partial charge in [0, 0.05) is 27.3 Å². The topological polar surface area (TPSA) is 40.5 Å². The van der Waals surface area contributed by atoms with Crippen LogP contribution in [0.2, 0.25) is 5.02 Å². The molecule has 1 N–H and O–H groups in total. The summed E-state index contributed by atoms with van der Waals surface area (Å²) in [6, 6.07) is 21.8. The van der Waals surface area contributed by atoms with Crippen LogP contribution in [0.1, 0.15) is 41.4 Å². The van der Waals surface area contributed by atoms with Crippen molar-refractivity contribution < 1.29 is 9.90 Å². The maximum atomic E-state index is 13.5. The zero-order valence-corrected chi connectivity index (χ0v) is 15.9. The van der Waals surface area contributed by atoms with Crippen molar-refractivity contribution in [3.8, 4) is 5.75 Å². The van der Waals surface area contributed by atoms with Gasteiger partial charge in [-0.05, 0) is 42.0 Å². The Morgan fingerprint density at radius 1 is 0.963 bits per heavy atom. The second kappa shape index (κ2) is 6.43. The molecule has 0 aromatic heterocycles. The molecule has 1 aliphatic rings. The number of rotatable bonds is 2. The molecule has 0 bridgehead atoms. The van der Waals surface area contributed by atoms with E-state index < -0.39 is 0 Å². The van der Waals surface area contributed by atoms with Crippen molar-refractivity contribution in [2.45, 2.75) is 25.3 Å². The predicted molar refractivity (Wildman–Crippen MR) is 109 cm³/mol. The quantitative estimate of drug-likeness (QED) is 0.620. The maximum Gasteiger partial charge on any atom is 0.258 e. The van der Waals surface area contributed by atoms with Crippen LogP contribution in [0.3, 0.4) is 0 Å². The summed E-state index contributed by atoms with van der Waals surface area (Å²) >= 11 is 5.99. The minimum Gasteiger partial charge on any atom is -0.508 e. The minimum atomic E-state index is -0.364. The number of halogens is 1. The van der Waals surface area contributed by atoms with Crippen molar-refractivity contribution in [2.24, 2.45) is 0 Å². The van der Waals surface area contributed by atoms with Crippen LogP contribution >= 0.6 is 11.6 Å². The summed E-state index contributed by atoms with van der Waals surface area (Å²) in [5, 5.41) is 11.1. The first-order valence-electron chi connectivity index (χ1n) is 8.88. The number of para-hydroxylation sites is 2. The third kappa shape index (κ3) is 2.79. The fourth-order valence-corrected chi connectivity index (χ4v) is 4.17. The largest absolute Gasteiger partial charge is 0.508 e. The van der Waals surface area contributed by atoms with Crippen molar-refractivity contribution in [2.75, 3.05) is 4.90 Å². The molecule has 27 heavy (non-hydrogen) atoms. The van der Waals surface area contributed by atoms with E-state index in [9.17, 15) is 9.90 Å². The molecular weight excluding hydrogens is 358 g/mol. The SMILES string of the molecule is CC1(C)c2ccccc2N(C(=O)c2ccc(Cl)cc2)[C@@H]1c1ccccc1O. The Kier molecular flexibility index (Phi) is 4.20. The van der Waals surface area contributed by atoms with Gasteiger partial charge in [0.15, 0.2) is 0 Å². The first-order valence-corrected chi connectivity index (χ1v) is 9.25. The number of nitrogens with zero attached hydrogens (tertiary/aromatic N) is 1. The number of carbonyl (C=O) groups is 1. The van der Waals surface area contributed by atoms with Crippen molar-refractivity contribution in [3.63, 3.8) is 0 Å². The van der Waals surface area contributed by atoms with Crippen LogP contribution in [0.5, 0.6) is 5.75 Å². The summed E-state index contributed by atoms with van der Waals surface area (Å²) in [4.78, 5) is 15.3. The predicted octanol–water partition coefficient (Wildman–Crippen LogP) is 5.72. The summed E-state index contributed by atoms with van der Waals surface area (Å²) < 4.78 is 0. The zero-order chi connectivity index (χ0) is 19.2. The number of anilines is 1. The lowest BCUT2D eigenvalue weighted by atomic mass is 9.77. The Morgan fingerprint density at radius 3 is 2.30 bits per heavy atom. The number of benzene rings is 3. The molecule has 0 unspecified atom stereocenters. The van der Waals surface area contributed by atoms with Gasteiger partial charge in [-0.3, -0.25) is 9.69 Å². The summed E-state index contributed by atoms with van der Waals surface area (Å²) in [6.45, 7) is 4.22. The number of carbonyl (C=O) groups excluding carboxylic acids is 1. The van der Waals surface area contributed by atoms with Gasteiger partial charge < -0.3 is 5.11 Å². The molecule has 4 heteroatoms. The number of fused-ring (bicyclic) bond motifs is 1. The van der Waals surface area contributed by atoms with Crippen molar-refractivity contribution in [1.82, 2.24) is 0 Å². The van der Waals surface area contributed by atoms with E-state index in [1.807, 2.05) is 30.3 Å². The van der Waals surface area contributed by atoms with E-state index in [2.05, 4.69) is 19.9 Å². The van der Waals surface area contributed by atoms with E-state index in [1.165, 1.54) is 0 Å². The zero-order valence-electron chi connectivity index (χ0n) is 15.2. The number of hydrogen-bond donors (Lipinski definition) is 1. The molecule has 0 spiro atoms. The number of amides is 1. The molecule has 0 fully saturated rings. The van der Waals surface area contributed by atoms with Gasteiger partial charge in [0.25, 0.3) is 5.91 Å². The van der Waals surface area contributed by atoms with Crippen LogP contribution in [0.4, 0.5) is 5.69 Å². The van der Waals surface area contributed by atoms with Crippen molar-refractivity contribution in [3.05, 3.63) is 94.5 Å². The van der Waals surface area contributed by atoms with Crippen LogP contribution in [0, 0.1) is 0 Å². The van der Waals surface area contributed by atoms with Gasteiger partial charge >= 0.3 is 0 Å². The van der Waals surface area contributed by atoms with Gasteiger partial charge in [0.2, 0.25) is 0 Å². The van der Waals surface area contributed by atoms with Crippen LogP contribution < -0.4 is 4.90 Å². The average molecular weight is 378 g/mol.